The molecule has 0 radical (unpaired) electrons. The summed E-state index contributed by atoms with van der Waals surface area (Å²) >= 11 is 0. The van der Waals surface area contributed by atoms with Crippen molar-refractivity contribution in [1.82, 2.24) is 4.90 Å². The second kappa shape index (κ2) is 7.80. The highest BCUT2D eigenvalue weighted by Crippen LogP contribution is 2.29. The van der Waals surface area contributed by atoms with Crippen LogP contribution in [0.2, 0.25) is 0 Å². The number of carbonyl (C=O) groups excluding carboxylic acids is 1. The topological polar surface area (TPSA) is 76.1 Å². The third kappa shape index (κ3) is 4.28. The molecule has 142 valence electrons. The lowest BCUT2D eigenvalue weighted by atomic mass is 9.85. The lowest BCUT2D eigenvalue weighted by Gasteiger charge is -2.27. The van der Waals surface area contributed by atoms with Gasteiger partial charge in [0.1, 0.15) is 11.5 Å². The van der Waals surface area contributed by atoms with Gasteiger partial charge in [-0.05, 0) is 49.7 Å². The Bertz CT molecular complexity index is 840. The van der Waals surface area contributed by atoms with E-state index in [1.807, 2.05) is 0 Å². The molecule has 6 heteroatoms. The number of benzene rings is 2. The number of ether oxygens (including phenoxy) is 2. The Morgan fingerprint density at radius 1 is 1.04 bits per heavy atom. The predicted molar refractivity (Wildman–Crippen MR) is 100 cm³/mol. The minimum Gasteiger partial charge on any atom is -0.481 e. The fourth-order valence-corrected chi connectivity index (χ4v) is 2.85. The molecule has 0 atom stereocenters. The first-order valence-corrected chi connectivity index (χ1v) is 8.87. The molecule has 1 N–H and O–H groups in total. The number of aliphatic carboxylic acids is 1. The summed E-state index contributed by atoms with van der Waals surface area (Å²) in [5.74, 6) is 0.0967. The van der Waals surface area contributed by atoms with E-state index in [4.69, 9.17) is 9.47 Å². The molecule has 1 fully saturated rings. The van der Waals surface area contributed by atoms with Crippen LogP contribution in [0.5, 0.6) is 11.5 Å². The molecule has 1 aliphatic rings. The van der Waals surface area contributed by atoms with E-state index in [9.17, 15) is 14.7 Å². The van der Waals surface area contributed by atoms with Crippen LogP contribution in [0.1, 0.15) is 29.8 Å². The highest BCUT2D eigenvalue weighted by Gasteiger charge is 2.29. The molecule has 27 heavy (non-hydrogen) atoms. The summed E-state index contributed by atoms with van der Waals surface area (Å²) in [6, 6.07) is 14.0. The molecule has 1 heterocycles. The summed E-state index contributed by atoms with van der Waals surface area (Å²) < 4.78 is 11.2. The van der Waals surface area contributed by atoms with Crippen LogP contribution in [0.15, 0.2) is 48.5 Å². The van der Waals surface area contributed by atoms with Crippen LogP contribution in [-0.4, -0.2) is 48.2 Å². The van der Waals surface area contributed by atoms with Crippen LogP contribution in [-0.2, 0) is 14.9 Å². The van der Waals surface area contributed by atoms with E-state index in [2.05, 4.69) is 0 Å². The average molecular weight is 369 g/mol. The predicted octanol–water partition coefficient (Wildman–Crippen LogP) is 3.31. The first-order valence-electron chi connectivity index (χ1n) is 8.87. The Morgan fingerprint density at radius 2 is 1.67 bits per heavy atom. The van der Waals surface area contributed by atoms with Gasteiger partial charge in [0.15, 0.2) is 0 Å². The van der Waals surface area contributed by atoms with Crippen molar-refractivity contribution in [3.63, 3.8) is 0 Å². The zero-order valence-corrected chi connectivity index (χ0v) is 15.5. The van der Waals surface area contributed by atoms with Crippen molar-refractivity contribution in [3.05, 3.63) is 59.7 Å². The van der Waals surface area contributed by atoms with E-state index in [-0.39, 0.29) is 5.91 Å². The second-order valence-corrected chi connectivity index (χ2v) is 6.99. The molecule has 1 aliphatic heterocycles. The second-order valence-electron chi connectivity index (χ2n) is 6.99. The van der Waals surface area contributed by atoms with Gasteiger partial charge in [0.25, 0.3) is 5.91 Å². The van der Waals surface area contributed by atoms with Crippen LogP contribution >= 0.6 is 0 Å². The summed E-state index contributed by atoms with van der Waals surface area (Å²) in [5.41, 5.74) is 0.178. The molecule has 0 spiro atoms. The average Bonchev–Trinajstić information content (AvgIpc) is 2.68. The Balaban J connectivity index is 1.79. The van der Waals surface area contributed by atoms with E-state index >= 15 is 0 Å². The third-order valence-corrected chi connectivity index (χ3v) is 4.71. The smallest absolute Gasteiger partial charge is 0.313 e. The SMILES string of the molecule is CC(C)(C(=O)O)c1cccc(Oc2cccc(C(=O)N3CCOCC3)c2)c1. The molecule has 2 aromatic carbocycles. The number of hydrogen-bond donors (Lipinski definition) is 1. The minimum absolute atomic E-state index is 0.0514. The van der Waals surface area contributed by atoms with Gasteiger partial charge in [-0.1, -0.05) is 18.2 Å². The highest BCUT2D eigenvalue weighted by atomic mass is 16.5. The Kier molecular flexibility index (Phi) is 5.46. The van der Waals surface area contributed by atoms with Crippen molar-refractivity contribution in [2.45, 2.75) is 19.3 Å². The first-order chi connectivity index (χ1) is 12.9. The summed E-state index contributed by atoms with van der Waals surface area (Å²) in [7, 11) is 0. The number of hydrogen-bond acceptors (Lipinski definition) is 4. The molecule has 1 saturated heterocycles. The molecule has 1 amide bonds. The largest absolute Gasteiger partial charge is 0.481 e. The number of carboxylic acid groups (broad SMARTS) is 1. The highest BCUT2D eigenvalue weighted by molar-refractivity contribution is 5.94. The fourth-order valence-electron chi connectivity index (χ4n) is 2.85. The van der Waals surface area contributed by atoms with E-state index in [0.717, 1.165) is 0 Å². The van der Waals surface area contributed by atoms with Crippen molar-refractivity contribution >= 4 is 11.9 Å². The summed E-state index contributed by atoms with van der Waals surface area (Å²) in [6.07, 6.45) is 0. The van der Waals surface area contributed by atoms with Crippen LogP contribution in [0, 0.1) is 0 Å². The molecule has 0 aromatic heterocycles. The molecule has 0 saturated carbocycles. The van der Waals surface area contributed by atoms with Gasteiger partial charge in [-0.3, -0.25) is 9.59 Å². The van der Waals surface area contributed by atoms with Crippen molar-refractivity contribution in [2.75, 3.05) is 26.3 Å². The molecule has 0 aliphatic carbocycles. The number of amides is 1. The number of carbonyl (C=O) groups is 2. The van der Waals surface area contributed by atoms with Gasteiger partial charge in [0, 0.05) is 18.7 Å². The van der Waals surface area contributed by atoms with E-state index in [1.165, 1.54) is 0 Å². The standard InChI is InChI=1S/C21H23NO5/c1-21(2,20(24)25)16-6-4-8-18(14-16)27-17-7-3-5-15(13-17)19(23)22-9-11-26-12-10-22/h3-8,13-14H,9-12H2,1-2H3,(H,24,25). The summed E-state index contributed by atoms with van der Waals surface area (Å²) in [4.78, 5) is 25.8. The van der Waals surface area contributed by atoms with Crippen LogP contribution in [0.3, 0.4) is 0 Å². The Morgan fingerprint density at radius 3 is 2.33 bits per heavy atom. The van der Waals surface area contributed by atoms with Crippen molar-refractivity contribution in [3.8, 4) is 11.5 Å². The van der Waals surface area contributed by atoms with Gasteiger partial charge < -0.3 is 19.5 Å². The molecule has 0 bridgehead atoms. The number of morpholine rings is 1. The molecular formula is C21H23NO5. The van der Waals surface area contributed by atoms with E-state index < -0.39 is 11.4 Å². The van der Waals surface area contributed by atoms with Gasteiger partial charge in [-0.2, -0.15) is 0 Å². The van der Waals surface area contributed by atoms with Gasteiger partial charge in [-0.15, -0.1) is 0 Å². The number of nitrogens with zero attached hydrogens (tertiary/aromatic N) is 1. The molecular weight excluding hydrogens is 346 g/mol. The molecule has 2 aromatic rings. The fraction of sp³-hybridized carbons (Fsp3) is 0.333. The zero-order valence-electron chi connectivity index (χ0n) is 15.5. The van der Waals surface area contributed by atoms with Gasteiger partial charge >= 0.3 is 5.97 Å². The monoisotopic (exact) mass is 369 g/mol. The van der Waals surface area contributed by atoms with E-state index in [0.29, 0.717) is 48.9 Å². The lowest BCUT2D eigenvalue weighted by Crippen LogP contribution is -2.40. The minimum atomic E-state index is -1.02. The summed E-state index contributed by atoms with van der Waals surface area (Å²) in [6.45, 7) is 5.56. The van der Waals surface area contributed by atoms with Gasteiger partial charge in [0.2, 0.25) is 0 Å². The van der Waals surface area contributed by atoms with Crippen LogP contribution < -0.4 is 4.74 Å². The maximum Gasteiger partial charge on any atom is 0.313 e. The van der Waals surface area contributed by atoms with Crippen LogP contribution in [0.25, 0.3) is 0 Å². The lowest BCUT2D eigenvalue weighted by molar-refractivity contribution is -0.142. The van der Waals surface area contributed by atoms with Crippen molar-refractivity contribution in [2.24, 2.45) is 0 Å². The van der Waals surface area contributed by atoms with Gasteiger partial charge in [0.05, 0.1) is 18.6 Å². The number of carboxylic acids is 1. The quantitative estimate of drug-likeness (QED) is 0.875. The Labute approximate surface area is 158 Å². The zero-order chi connectivity index (χ0) is 19.4. The Hall–Kier alpha value is -2.86. The number of rotatable bonds is 5. The molecule has 0 unspecified atom stereocenters. The van der Waals surface area contributed by atoms with Crippen LogP contribution in [0.4, 0.5) is 0 Å². The van der Waals surface area contributed by atoms with Crippen molar-refractivity contribution < 1.29 is 24.2 Å². The molecule has 3 rings (SSSR count). The van der Waals surface area contributed by atoms with Crippen molar-refractivity contribution in [1.29, 1.82) is 0 Å². The maximum absolute atomic E-state index is 12.6. The first kappa shape index (κ1) is 18.9. The maximum atomic E-state index is 12.6. The molecule has 6 nitrogen and oxygen atoms in total. The van der Waals surface area contributed by atoms with E-state index in [1.54, 1.807) is 67.3 Å². The normalized spacial score (nSPS) is 14.7. The third-order valence-electron chi connectivity index (χ3n) is 4.71. The van der Waals surface area contributed by atoms with Gasteiger partial charge in [-0.25, -0.2) is 0 Å². The summed E-state index contributed by atoms with van der Waals surface area (Å²) in [5, 5.41) is 9.40.